The molecule has 4 rings (SSSR count). The molecular weight excluding hydrogens is 400 g/mol. The Labute approximate surface area is 177 Å². The minimum atomic E-state index is -0.915. The maximum absolute atomic E-state index is 13.1. The fraction of sp³-hybridized carbons (Fsp3) is 0.174. The van der Waals surface area contributed by atoms with Crippen molar-refractivity contribution in [2.75, 3.05) is 6.61 Å². The number of ether oxygens (including phenoxy) is 1. The molecule has 0 radical (unpaired) electrons. The zero-order chi connectivity index (χ0) is 21.1. The second kappa shape index (κ2) is 8.61. The lowest BCUT2D eigenvalue weighted by molar-refractivity contribution is 0.0913. The number of ketones is 1. The van der Waals surface area contributed by atoms with Gasteiger partial charge >= 0.3 is 0 Å². The van der Waals surface area contributed by atoms with E-state index >= 15 is 0 Å². The van der Waals surface area contributed by atoms with Crippen molar-refractivity contribution >= 4 is 27.3 Å². The lowest BCUT2D eigenvalue weighted by Gasteiger charge is -2.14. The lowest BCUT2D eigenvalue weighted by Crippen LogP contribution is -2.30. The molecule has 0 amide bonds. The van der Waals surface area contributed by atoms with Gasteiger partial charge in [0.15, 0.2) is 5.78 Å². The molecule has 0 spiro atoms. The minimum absolute atomic E-state index is 0.0129. The molecule has 4 aromatic rings. The van der Waals surface area contributed by atoms with Gasteiger partial charge in [-0.1, -0.05) is 42.5 Å². The SMILES string of the molecule is CC(=O)c1cccc(OC[C@@H](O)Cn2cnc3scc(-c4ccccc4)c3c2=O)c1. The quantitative estimate of drug-likeness (QED) is 0.460. The number of hydrogen-bond acceptors (Lipinski definition) is 6. The topological polar surface area (TPSA) is 81.4 Å². The monoisotopic (exact) mass is 420 g/mol. The molecule has 0 aliphatic carbocycles. The van der Waals surface area contributed by atoms with Crippen molar-refractivity contribution in [3.63, 3.8) is 0 Å². The molecule has 152 valence electrons. The summed E-state index contributed by atoms with van der Waals surface area (Å²) in [6, 6.07) is 16.5. The summed E-state index contributed by atoms with van der Waals surface area (Å²) in [5.74, 6) is 0.434. The van der Waals surface area contributed by atoms with E-state index < -0.39 is 6.10 Å². The summed E-state index contributed by atoms with van der Waals surface area (Å²) in [6.07, 6.45) is 0.539. The lowest BCUT2D eigenvalue weighted by atomic mass is 10.1. The second-order valence-corrected chi connectivity index (χ2v) is 7.80. The number of aliphatic hydroxyl groups is 1. The molecule has 7 heteroatoms. The number of hydrogen-bond donors (Lipinski definition) is 1. The van der Waals surface area contributed by atoms with E-state index in [0.29, 0.717) is 21.5 Å². The van der Waals surface area contributed by atoms with Crippen LogP contribution >= 0.6 is 11.3 Å². The predicted octanol–water partition coefficient (Wildman–Crippen LogP) is 3.77. The molecule has 1 N–H and O–H groups in total. The van der Waals surface area contributed by atoms with Gasteiger partial charge in [-0.2, -0.15) is 0 Å². The Morgan fingerprint density at radius 2 is 2.00 bits per heavy atom. The van der Waals surface area contributed by atoms with E-state index in [1.54, 1.807) is 24.3 Å². The van der Waals surface area contributed by atoms with E-state index in [0.717, 1.165) is 11.1 Å². The first-order valence-electron chi connectivity index (χ1n) is 9.47. The Hall–Kier alpha value is -3.29. The van der Waals surface area contributed by atoms with Gasteiger partial charge in [0, 0.05) is 16.5 Å². The van der Waals surface area contributed by atoms with Crippen LogP contribution < -0.4 is 10.3 Å². The van der Waals surface area contributed by atoms with Crippen LogP contribution in [-0.4, -0.2) is 33.2 Å². The molecule has 30 heavy (non-hydrogen) atoms. The number of fused-ring (bicyclic) bond motifs is 1. The standard InChI is InChI=1S/C23H20N2O4S/c1-15(26)17-8-5-9-19(10-17)29-12-18(27)11-25-14-24-22-21(23(25)28)20(13-30-22)16-6-3-2-4-7-16/h2-10,13-14,18,27H,11-12H2,1H3/t18-/m0/s1. The Bertz CT molecular complexity index is 1250. The third-order valence-corrected chi connectivity index (χ3v) is 5.62. The van der Waals surface area contributed by atoms with Crippen molar-refractivity contribution in [2.45, 2.75) is 19.6 Å². The smallest absolute Gasteiger partial charge is 0.262 e. The van der Waals surface area contributed by atoms with E-state index in [1.165, 1.54) is 29.2 Å². The van der Waals surface area contributed by atoms with E-state index in [1.807, 2.05) is 35.7 Å². The maximum atomic E-state index is 13.1. The van der Waals surface area contributed by atoms with Crippen LogP contribution in [0.2, 0.25) is 0 Å². The van der Waals surface area contributed by atoms with Crippen molar-refractivity contribution in [3.8, 4) is 16.9 Å². The van der Waals surface area contributed by atoms with Crippen LogP contribution in [0.1, 0.15) is 17.3 Å². The van der Waals surface area contributed by atoms with Crippen molar-refractivity contribution in [3.05, 3.63) is 82.2 Å². The van der Waals surface area contributed by atoms with Gasteiger partial charge in [0.1, 0.15) is 23.3 Å². The van der Waals surface area contributed by atoms with Gasteiger partial charge in [0.2, 0.25) is 0 Å². The number of thiophene rings is 1. The number of Topliss-reactive ketones (excluding diaryl/α,β-unsaturated/α-hetero) is 1. The number of benzene rings is 2. The molecule has 2 aromatic carbocycles. The number of rotatable bonds is 7. The highest BCUT2D eigenvalue weighted by atomic mass is 32.1. The number of aromatic nitrogens is 2. The Kier molecular flexibility index (Phi) is 5.74. The number of carbonyl (C=O) groups is 1. The van der Waals surface area contributed by atoms with Crippen LogP contribution in [-0.2, 0) is 6.54 Å². The Balaban J connectivity index is 1.52. The molecule has 0 aliphatic heterocycles. The van der Waals surface area contributed by atoms with Crippen molar-refractivity contribution in [2.24, 2.45) is 0 Å². The van der Waals surface area contributed by atoms with Crippen LogP contribution in [0.3, 0.4) is 0 Å². The van der Waals surface area contributed by atoms with E-state index in [4.69, 9.17) is 4.74 Å². The third-order valence-electron chi connectivity index (χ3n) is 4.74. The first-order chi connectivity index (χ1) is 14.5. The molecule has 0 bridgehead atoms. The fourth-order valence-electron chi connectivity index (χ4n) is 3.20. The average Bonchev–Trinajstić information content (AvgIpc) is 3.20. The molecule has 0 saturated heterocycles. The van der Waals surface area contributed by atoms with Crippen LogP contribution in [0.15, 0.2) is 71.1 Å². The van der Waals surface area contributed by atoms with Crippen LogP contribution in [0.4, 0.5) is 0 Å². The molecular formula is C23H20N2O4S. The van der Waals surface area contributed by atoms with Gasteiger partial charge in [0.25, 0.3) is 5.56 Å². The van der Waals surface area contributed by atoms with E-state index in [9.17, 15) is 14.7 Å². The summed E-state index contributed by atoms with van der Waals surface area (Å²) in [7, 11) is 0. The highest BCUT2D eigenvalue weighted by Gasteiger charge is 2.15. The number of carbonyl (C=O) groups excluding carboxylic acids is 1. The largest absolute Gasteiger partial charge is 0.491 e. The van der Waals surface area contributed by atoms with Gasteiger partial charge in [-0.3, -0.25) is 14.2 Å². The molecule has 1 atom stereocenters. The average molecular weight is 420 g/mol. The van der Waals surface area contributed by atoms with Gasteiger partial charge in [-0.25, -0.2) is 4.98 Å². The minimum Gasteiger partial charge on any atom is -0.491 e. The summed E-state index contributed by atoms with van der Waals surface area (Å²) in [4.78, 5) is 29.6. The maximum Gasteiger partial charge on any atom is 0.262 e. The molecule has 0 saturated carbocycles. The van der Waals surface area contributed by atoms with Crippen molar-refractivity contribution in [1.29, 1.82) is 0 Å². The molecule has 0 unspecified atom stereocenters. The molecule has 2 heterocycles. The van der Waals surface area contributed by atoms with Gasteiger partial charge < -0.3 is 9.84 Å². The van der Waals surface area contributed by atoms with Crippen molar-refractivity contribution in [1.82, 2.24) is 9.55 Å². The number of nitrogens with zero attached hydrogens (tertiary/aromatic N) is 2. The first kappa shape index (κ1) is 20.0. The highest BCUT2D eigenvalue weighted by molar-refractivity contribution is 7.17. The second-order valence-electron chi connectivity index (χ2n) is 6.95. The Morgan fingerprint density at radius 3 is 2.77 bits per heavy atom. The summed E-state index contributed by atoms with van der Waals surface area (Å²) in [6.45, 7) is 1.52. The van der Waals surface area contributed by atoms with E-state index in [2.05, 4.69) is 4.98 Å². The van der Waals surface area contributed by atoms with E-state index in [-0.39, 0.29) is 24.5 Å². The zero-order valence-electron chi connectivity index (χ0n) is 16.3. The van der Waals surface area contributed by atoms with Crippen LogP contribution in [0, 0.1) is 0 Å². The highest BCUT2D eigenvalue weighted by Crippen LogP contribution is 2.30. The predicted molar refractivity (Wildman–Crippen MR) is 117 cm³/mol. The van der Waals surface area contributed by atoms with Gasteiger partial charge in [0.05, 0.1) is 18.3 Å². The van der Waals surface area contributed by atoms with Crippen LogP contribution in [0.5, 0.6) is 5.75 Å². The van der Waals surface area contributed by atoms with Gasteiger partial charge in [-0.05, 0) is 24.6 Å². The summed E-state index contributed by atoms with van der Waals surface area (Å²) < 4.78 is 7.00. The van der Waals surface area contributed by atoms with Crippen LogP contribution in [0.25, 0.3) is 21.3 Å². The van der Waals surface area contributed by atoms with Crippen molar-refractivity contribution < 1.29 is 14.6 Å². The summed E-state index contributed by atoms with van der Waals surface area (Å²) >= 11 is 1.42. The molecule has 6 nitrogen and oxygen atoms in total. The first-order valence-corrected chi connectivity index (χ1v) is 10.3. The summed E-state index contributed by atoms with van der Waals surface area (Å²) in [5, 5.41) is 12.9. The molecule has 2 aromatic heterocycles. The zero-order valence-corrected chi connectivity index (χ0v) is 17.1. The summed E-state index contributed by atoms with van der Waals surface area (Å²) in [5.41, 5.74) is 2.14. The third kappa shape index (κ3) is 4.17. The number of aliphatic hydroxyl groups excluding tert-OH is 1. The fourth-order valence-corrected chi connectivity index (χ4v) is 4.11. The molecule has 0 aliphatic rings. The molecule has 0 fully saturated rings. The Morgan fingerprint density at radius 1 is 1.20 bits per heavy atom. The van der Waals surface area contributed by atoms with Gasteiger partial charge in [-0.15, -0.1) is 11.3 Å². The normalized spacial score (nSPS) is 12.1.